The number of rotatable bonds is 4. The van der Waals surface area contributed by atoms with Crippen LogP contribution < -0.4 is 5.11 Å². The average molecular weight is 362 g/mol. The third-order valence-corrected chi connectivity index (χ3v) is 6.01. The Morgan fingerprint density at radius 3 is 1.89 bits per heavy atom. The first kappa shape index (κ1) is 17.8. The third kappa shape index (κ3) is 3.62. The molecular formula is C23H26N2O2. The van der Waals surface area contributed by atoms with Crippen LogP contribution in [0.3, 0.4) is 0 Å². The molecule has 0 aliphatic carbocycles. The van der Waals surface area contributed by atoms with Gasteiger partial charge in [0.1, 0.15) is 24.2 Å². The molecule has 0 N–H and O–H groups in total. The number of hydrogen-bond acceptors (Lipinski definition) is 3. The summed E-state index contributed by atoms with van der Waals surface area (Å²) in [5.41, 5.74) is 1.98. The van der Waals surface area contributed by atoms with Crippen LogP contribution in [0.2, 0.25) is 0 Å². The molecule has 2 aromatic rings. The zero-order chi connectivity index (χ0) is 18.9. The van der Waals surface area contributed by atoms with E-state index in [-0.39, 0.29) is 12.1 Å². The largest absolute Gasteiger partial charge is 0.597 e. The van der Waals surface area contributed by atoms with Crippen LogP contribution in [0.25, 0.3) is 0 Å². The molecule has 2 atom stereocenters. The molecule has 1 fully saturated rings. The molecule has 0 spiro atoms. The second-order valence-electron chi connectivity index (χ2n) is 7.98. The van der Waals surface area contributed by atoms with Gasteiger partial charge in [-0.25, -0.2) is 0 Å². The molecule has 4 heteroatoms. The summed E-state index contributed by atoms with van der Waals surface area (Å²) in [5, 5.41) is 12.6. The van der Waals surface area contributed by atoms with Gasteiger partial charge < -0.3 is 14.3 Å². The van der Waals surface area contributed by atoms with Gasteiger partial charge in [0, 0.05) is 18.9 Å². The van der Waals surface area contributed by atoms with E-state index in [1.807, 2.05) is 60.7 Å². The van der Waals surface area contributed by atoms with Crippen molar-refractivity contribution in [2.45, 2.75) is 37.1 Å². The van der Waals surface area contributed by atoms with Gasteiger partial charge in [-0.2, -0.15) is 0 Å². The molecular weight excluding hydrogens is 336 g/mol. The Balaban J connectivity index is 1.53. The highest BCUT2D eigenvalue weighted by molar-refractivity contribution is 5.63. The molecule has 2 aliphatic heterocycles. The van der Waals surface area contributed by atoms with Crippen molar-refractivity contribution in [1.82, 2.24) is 0 Å². The number of fused-ring (bicyclic) bond motifs is 2. The third-order valence-electron chi connectivity index (χ3n) is 6.01. The van der Waals surface area contributed by atoms with Crippen molar-refractivity contribution >= 4 is 6.08 Å². The molecule has 0 amide bonds. The Bertz CT molecular complexity index is 772. The monoisotopic (exact) mass is 362 g/mol. The van der Waals surface area contributed by atoms with Crippen molar-refractivity contribution < 1.29 is 14.3 Å². The van der Waals surface area contributed by atoms with Gasteiger partial charge in [0.25, 0.3) is 0 Å². The normalized spacial score (nSPS) is 26.3. The first-order valence-corrected chi connectivity index (χ1v) is 9.57. The van der Waals surface area contributed by atoms with E-state index < -0.39 is 6.08 Å². The summed E-state index contributed by atoms with van der Waals surface area (Å²) >= 11 is 0. The summed E-state index contributed by atoms with van der Waals surface area (Å²) < 4.78 is 6.74. The SMILES string of the molecule is C[N+]1(C)C2C=CC1CC(OC([O-])=NC(c1ccccc1)c1ccccc1)C2. The van der Waals surface area contributed by atoms with Crippen LogP contribution in [0.1, 0.15) is 30.0 Å². The highest BCUT2D eigenvalue weighted by Crippen LogP contribution is 2.36. The van der Waals surface area contributed by atoms with Crippen LogP contribution >= 0.6 is 0 Å². The van der Waals surface area contributed by atoms with E-state index in [0.29, 0.717) is 12.1 Å². The predicted octanol–water partition coefficient (Wildman–Crippen LogP) is 3.05. The first-order valence-electron chi connectivity index (χ1n) is 9.57. The number of benzene rings is 2. The number of aliphatic imine (C=N–C) groups is 1. The number of ether oxygens (including phenoxy) is 1. The zero-order valence-corrected chi connectivity index (χ0v) is 15.9. The van der Waals surface area contributed by atoms with Crippen molar-refractivity contribution in [3.8, 4) is 0 Å². The quantitative estimate of drug-likeness (QED) is 0.363. The van der Waals surface area contributed by atoms with Crippen LogP contribution in [0, 0.1) is 0 Å². The van der Waals surface area contributed by atoms with Gasteiger partial charge in [0.2, 0.25) is 0 Å². The molecule has 2 heterocycles. The van der Waals surface area contributed by atoms with Gasteiger partial charge in [-0.1, -0.05) is 60.7 Å². The van der Waals surface area contributed by atoms with E-state index >= 15 is 0 Å². The summed E-state index contributed by atoms with van der Waals surface area (Å²) in [5.74, 6) is 0. The standard InChI is InChI=1S/C23H26N2O2/c1-25(2)19-13-14-20(25)16-21(15-19)27-23(26)24-22(17-9-5-3-6-10-17)18-11-7-4-8-12-18/h3-14,19-22H,15-16H2,1-2H3. The Kier molecular flexibility index (Phi) is 4.75. The minimum atomic E-state index is -0.468. The lowest BCUT2D eigenvalue weighted by Gasteiger charge is -2.46. The molecule has 1 saturated heterocycles. The fraction of sp³-hybridized carbons (Fsp3) is 0.348. The van der Waals surface area contributed by atoms with Gasteiger partial charge in [-0.05, 0) is 23.3 Å². The summed E-state index contributed by atoms with van der Waals surface area (Å²) in [6, 6.07) is 20.3. The molecule has 4 rings (SSSR count). The smallest absolute Gasteiger partial charge is 0.146 e. The van der Waals surface area contributed by atoms with Crippen molar-refractivity contribution in [3.05, 3.63) is 83.9 Å². The van der Waals surface area contributed by atoms with Crippen molar-refractivity contribution in [1.29, 1.82) is 0 Å². The molecule has 2 aromatic carbocycles. The Morgan fingerprint density at radius 2 is 1.41 bits per heavy atom. The fourth-order valence-electron chi connectivity index (χ4n) is 4.27. The van der Waals surface area contributed by atoms with Gasteiger partial charge in [-0.3, -0.25) is 4.99 Å². The highest BCUT2D eigenvalue weighted by Gasteiger charge is 2.44. The van der Waals surface area contributed by atoms with E-state index in [0.717, 1.165) is 28.5 Å². The van der Waals surface area contributed by atoms with Gasteiger partial charge in [-0.15, -0.1) is 0 Å². The number of piperidine rings is 1. The minimum Gasteiger partial charge on any atom is -0.597 e. The minimum absolute atomic E-state index is 0.0652. The van der Waals surface area contributed by atoms with Crippen LogP contribution in [-0.2, 0) is 4.74 Å². The van der Waals surface area contributed by atoms with E-state index in [4.69, 9.17) is 4.74 Å². The molecule has 2 bridgehead atoms. The van der Waals surface area contributed by atoms with Crippen LogP contribution in [0.15, 0.2) is 77.8 Å². The molecule has 4 nitrogen and oxygen atoms in total. The number of quaternary nitrogens is 1. The summed E-state index contributed by atoms with van der Waals surface area (Å²) in [6.45, 7) is 0. The maximum absolute atomic E-state index is 12.6. The fourth-order valence-corrected chi connectivity index (χ4v) is 4.27. The first-order chi connectivity index (χ1) is 13.0. The molecule has 0 saturated carbocycles. The maximum atomic E-state index is 12.6. The lowest BCUT2D eigenvalue weighted by Crippen LogP contribution is -2.57. The predicted molar refractivity (Wildman–Crippen MR) is 105 cm³/mol. The van der Waals surface area contributed by atoms with Crippen LogP contribution in [-0.4, -0.2) is 42.8 Å². The van der Waals surface area contributed by atoms with Crippen molar-refractivity contribution in [2.75, 3.05) is 14.1 Å². The molecule has 0 radical (unpaired) electrons. The Morgan fingerprint density at radius 1 is 0.926 bits per heavy atom. The summed E-state index contributed by atoms with van der Waals surface area (Å²) in [7, 11) is 4.50. The number of likely N-dealkylation sites (N-methyl/N-ethyl adjacent to an activating group) is 1. The van der Waals surface area contributed by atoms with Gasteiger partial charge >= 0.3 is 0 Å². The van der Waals surface area contributed by atoms with Gasteiger partial charge in [0.05, 0.1) is 14.1 Å². The maximum Gasteiger partial charge on any atom is 0.146 e. The van der Waals surface area contributed by atoms with E-state index in [1.54, 1.807) is 0 Å². The van der Waals surface area contributed by atoms with E-state index in [9.17, 15) is 5.11 Å². The zero-order valence-electron chi connectivity index (χ0n) is 15.9. The van der Waals surface area contributed by atoms with Crippen LogP contribution in [0.5, 0.6) is 0 Å². The average Bonchev–Trinajstić information content (AvgIpc) is 2.85. The molecule has 140 valence electrons. The number of nitrogens with zero attached hydrogens (tertiary/aromatic N) is 2. The molecule has 27 heavy (non-hydrogen) atoms. The summed E-state index contributed by atoms with van der Waals surface area (Å²) in [4.78, 5) is 4.43. The molecule has 2 aliphatic rings. The summed E-state index contributed by atoms with van der Waals surface area (Å²) in [6.07, 6.45) is 5.73. The van der Waals surface area contributed by atoms with E-state index in [1.165, 1.54) is 0 Å². The van der Waals surface area contributed by atoms with E-state index in [2.05, 4.69) is 31.2 Å². The van der Waals surface area contributed by atoms with Gasteiger partial charge in [0.15, 0.2) is 0 Å². The highest BCUT2D eigenvalue weighted by atomic mass is 16.6. The Labute approximate surface area is 161 Å². The lowest BCUT2D eigenvalue weighted by molar-refractivity contribution is -0.926. The van der Waals surface area contributed by atoms with Crippen LogP contribution in [0.4, 0.5) is 0 Å². The lowest BCUT2D eigenvalue weighted by atomic mass is 9.97. The topological polar surface area (TPSA) is 44.6 Å². The molecule has 0 aromatic heterocycles. The Hall–Kier alpha value is -2.59. The molecule has 2 unspecified atom stereocenters. The van der Waals surface area contributed by atoms with Crippen molar-refractivity contribution in [3.63, 3.8) is 0 Å². The second kappa shape index (κ2) is 7.20. The second-order valence-corrected chi connectivity index (χ2v) is 7.98. The van der Waals surface area contributed by atoms with Crippen molar-refractivity contribution in [2.24, 2.45) is 4.99 Å². The number of hydrogen-bond donors (Lipinski definition) is 0.